The molecule has 0 aliphatic heterocycles. The summed E-state index contributed by atoms with van der Waals surface area (Å²) in [7, 11) is 0. The van der Waals surface area contributed by atoms with Crippen molar-refractivity contribution in [1.82, 2.24) is 0 Å². The van der Waals surface area contributed by atoms with Crippen molar-refractivity contribution in [2.75, 3.05) is 0 Å². The molecule has 1 heteroatoms. The van der Waals surface area contributed by atoms with Gasteiger partial charge in [-0.1, -0.05) is 36.5 Å². The van der Waals surface area contributed by atoms with Gasteiger partial charge in [0.2, 0.25) is 0 Å². The molecule has 1 saturated carbocycles. The van der Waals surface area contributed by atoms with E-state index >= 15 is 0 Å². The van der Waals surface area contributed by atoms with Gasteiger partial charge >= 0.3 is 0 Å². The monoisotopic (exact) mass is 152 g/mol. The van der Waals surface area contributed by atoms with E-state index in [1.807, 2.05) is 18.2 Å². The number of rotatable bonds is 0. The summed E-state index contributed by atoms with van der Waals surface area (Å²) < 4.78 is 0. The Bertz CT molecular complexity index is 225. The Balaban J connectivity index is 2.27. The van der Waals surface area contributed by atoms with Crippen LogP contribution in [0.5, 0.6) is 0 Å². The third-order valence-electron chi connectivity index (χ3n) is 2.04. The Labute approximate surface area is 65.9 Å². The lowest BCUT2D eigenvalue weighted by atomic mass is 10.2. The Kier molecular flexibility index (Phi) is 1.24. The van der Waals surface area contributed by atoms with Gasteiger partial charge in [-0.3, -0.25) is 0 Å². The van der Waals surface area contributed by atoms with Gasteiger partial charge in [0.25, 0.3) is 0 Å². The fourth-order valence-corrected chi connectivity index (χ4v) is 1.55. The summed E-state index contributed by atoms with van der Waals surface area (Å²) in [5.74, 6) is 0.579. The Morgan fingerprint density at radius 1 is 1.20 bits per heavy atom. The molecule has 0 nitrogen and oxygen atoms in total. The van der Waals surface area contributed by atoms with Crippen LogP contribution in [0.3, 0.4) is 0 Å². The van der Waals surface area contributed by atoms with Crippen LogP contribution < -0.4 is 0 Å². The third kappa shape index (κ3) is 0.929. The fourth-order valence-electron chi connectivity index (χ4n) is 1.24. The number of fused-ring (bicyclic) bond motifs is 1. The molecule has 0 unspecified atom stereocenters. The van der Waals surface area contributed by atoms with E-state index in [2.05, 4.69) is 18.2 Å². The molecule has 52 valence electrons. The third-order valence-corrected chi connectivity index (χ3v) is 2.60. The van der Waals surface area contributed by atoms with E-state index in [9.17, 15) is 0 Å². The first kappa shape index (κ1) is 6.23. The maximum atomic E-state index is 6.15. The predicted octanol–water partition coefficient (Wildman–Crippen LogP) is 2.67. The first-order chi connectivity index (χ1) is 4.81. The average molecular weight is 153 g/mol. The molecule has 0 spiro atoms. The molecule has 2 aliphatic rings. The molecule has 0 N–H and O–H groups in total. The summed E-state index contributed by atoms with van der Waals surface area (Å²) >= 11 is 6.15. The van der Waals surface area contributed by atoms with Crippen LogP contribution in [0.4, 0.5) is 0 Å². The molecule has 1 fully saturated rings. The minimum Gasteiger partial charge on any atom is -0.114 e. The summed E-state index contributed by atoms with van der Waals surface area (Å²) in [6.45, 7) is 0. The van der Waals surface area contributed by atoms with Gasteiger partial charge in [-0.05, 0) is 6.42 Å². The Hall–Kier alpha value is -0.490. The molecule has 0 bridgehead atoms. The summed E-state index contributed by atoms with van der Waals surface area (Å²) in [5.41, 5.74) is 0. The SMILES string of the molecule is Cl[C@@]12C=CC=CC=C[C@@H]1C2. The van der Waals surface area contributed by atoms with E-state index in [4.69, 9.17) is 11.6 Å². The lowest BCUT2D eigenvalue weighted by molar-refractivity contribution is 1.03. The molecule has 10 heavy (non-hydrogen) atoms. The van der Waals surface area contributed by atoms with E-state index in [1.54, 1.807) is 0 Å². The second-order valence-electron chi connectivity index (χ2n) is 2.87. The quantitative estimate of drug-likeness (QED) is 0.469. The molecule has 2 atom stereocenters. The molecule has 0 radical (unpaired) electrons. The van der Waals surface area contributed by atoms with Crippen molar-refractivity contribution in [2.45, 2.75) is 11.3 Å². The molecule has 0 aromatic heterocycles. The van der Waals surface area contributed by atoms with Crippen LogP contribution in [0, 0.1) is 5.92 Å². The summed E-state index contributed by atoms with van der Waals surface area (Å²) in [4.78, 5) is -0.0265. The van der Waals surface area contributed by atoms with Crippen LogP contribution in [0.2, 0.25) is 0 Å². The van der Waals surface area contributed by atoms with Crippen LogP contribution in [-0.2, 0) is 0 Å². The van der Waals surface area contributed by atoms with Gasteiger partial charge in [0.1, 0.15) is 0 Å². The van der Waals surface area contributed by atoms with E-state index in [1.165, 1.54) is 0 Å². The topological polar surface area (TPSA) is 0 Å². The molecule has 0 saturated heterocycles. The zero-order valence-electron chi connectivity index (χ0n) is 5.63. The Morgan fingerprint density at radius 2 is 2.00 bits per heavy atom. The highest BCUT2D eigenvalue weighted by atomic mass is 35.5. The van der Waals surface area contributed by atoms with E-state index < -0.39 is 0 Å². The van der Waals surface area contributed by atoms with Crippen molar-refractivity contribution in [3.8, 4) is 0 Å². The van der Waals surface area contributed by atoms with Gasteiger partial charge < -0.3 is 0 Å². The zero-order valence-corrected chi connectivity index (χ0v) is 6.38. The highest BCUT2D eigenvalue weighted by Gasteiger charge is 2.48. The smallest absolute Gasteiger partial charge is 0.0698 e. The highest BCUT2D eigenvalue weighted by Crippen LogP contribution is 2.51. The minimum absolute atomic E-state index is 0.0265. The molecule has 0 amide bonds. The van der Waals surface area contributed by atoms with Crippen LogP contribution >= 0.6 is 11.6 Å². The molecule has 0 aromatic rings. The predicted molar refractivity (Wildman–Crippen MR) is 44.1 cm³/mol. The fraction of sp³-hybridized carbons (Fsp3) is 0.333. The molecule has 2 rings (SSSR count). The number of allylic oxidation sites excluding steroid dienone is 6. The second kappa shape index (κ2) is 2.00. The van der Waals surface area contributed by atoms with Crippen LogP contribution in [0.1, 0.15) is 6.42 Å². The minimum atomic E-state index is -0.0265. The van der Waals surface area contributed by atoms with Gasteiger partial charge in [0.05, 0.1) is 4.87 Å². The molecular formula is C9H9Cl. The summed E-state index contributed by atoms with van der Waals surface area (Å²) in [6.07, 6.45) is 13.5. The zero-order chi connectivity index (χ0) is 7.03. The molecule has 2 aliphatic carbocycles. The van der Waals surface area contributed by atoms with Gasteiger partial charge in [0, 0.05) is 5.92 Å². The van der Waals surface area contributed by atoms with Gasteiger partial charge in [-0.15, -0.1) is 11.6 Å². The van der Waals surface area contributed by atoms with Crippen LogP contribution in [-0.4, -0.2) is 4.87 Å². The first-order valence-electron chi connectivity index (χ1n) is 3.53. The van der Waals surface area contributed by atoms with Crippen molar-refractivity contribution in [1.29, 1.82) is 0 Å². The van der Waals surface area contributed by atoms with Gasteiger partial charge in [-0.25, -0.2) is 0 Å². The summed E-state index contributed by atoms with van der Waals surface area (Å²) in [5, 5.41) is 0. The Morgan fingerprint density at radius 3 is 2.90 bits per heavy atom. The van der Waals surface area contributed by atoms with Crippen molar-refractivity contribution < 1.29 is 0 Å². The number of alkyl halides is 1. The lowest BCUT2D eigenvalue weighted by Gasteiger charge is -1.97. The maximum Gasteiger partial charge on any atom is 0.0698 e. The molecule has 0 aromatic carbocycles. The second-order valence-corrected chi connectivity index (χ2v) is 3.57. The largest absolute Gasteiger partial charge is 0.114 e. The average Bonchev–Trinajstić information content (AvgIpc) is 2.44. The van der Waals surface area contributed by atoms with Crippen molar-refractivity contribution in [3.63, 3.8) is 0 Å². The maximum absolute atomic E-state index is 6.15. The molecule has 0 heterocycles. The van der Waals surface area contributed by atoms with E-state index in [0.29, 0.717) is 5.92 Å². The van der Waals surface area contributed by atoms with Crippen LogP contribution in [0.25, 0.3) is 0 Å². The van der Waals surface area contributed by atoms with E-state index in [0.717, 1.165) is 6.42 Å². The van der Waals surface area contributed by atoms with Crippen molar-refractivity contribution >= 4 is 11.6 Å². The van der Waals surface area contributed by atoms with Crippen molar-refractivity contribution in [2.24, 2.45) is 5.92 Å². The van der Waals surface area contributed by atoms with Crippen LogP contribution in [0.15, 0.2) is 36.5 Å². The highest BCUT2D eigenvalue weighted by molar-refractivity contribution is 6.27. The molecular weight excluding hydrogens is 144 g/mol. The summed E-state index contributed by atoms with van der Waals surface area (Å²) in [6, 6.07) is 0. The van der Waals surface area contributed by atoms with Crippen molar-refractivity contribution in [3.05, 3.63) is 36.5 Å². The van der Waals surface area contributed by atoms with Gasteiger partial charge in [-0.2, -0.15) is 0 Å². The standard InChI is InChI=1S/C9H9Cl/c10-9-6-4-2-1-3-5-8(9)7-9/h1-6,8H,7H2/t8-,9-/m1/s1. The van der Waals surface area contributed by atoms with Gasteiger partial charge in [0.15, 0.2) is 0 Å². The number of hydrogen-bond donors (Lipinski definition) is 0. The van der Waals surface area contributed by atoms with E-state index in [-0.39, 0.29) is 4.87 Å². The first-order valence-corrected chi connectivity index (χ1v) is 3.91. The number of halogens is 1. The normalized spacial score (nSPS) is 42.3. The number of hydrogen-bond acceptors (Lipinski definition) is 0. The lowest BCUT2D eigenvalue weighted by Crippen LogP contribution is -1.94.